The largest absolute Gasteiger partial charge is 0.273 e. The Bertz CT molecular complexity index is 783. The average Bonchev–Trinajstić information content (AvgIpc) is 2.62. The maximum atomic E-state index is 12.8. The smallest absolute Gasteiger partial charge is 0.240 e. The minimum absolute atomic E-state index is 0.0228. The van der Waals surface area contributed by atoms with Crippen LogP contribution in [0.15, 0.2) is 16.6 Å². The summed E-state index contributed by atoms with van der Waals surface area (Å²) in [6.45, 7) is 7.59. The quantitative estimate of drug-likeness (QED) is 0.679. The molecule has 0 saturated carbocycles. The van der Waals surface area contributed by atoms with Crippen LogP contribution in [0.1, 0.15) is 35.4 Å². The summed E-state index contributed by atoms with van der Waals surface area (Å²) in [6, 6.07) is 3.99. The molecule has 1 aliphatic heterocycles. The van der Waals surface area contributed by atoms with E-state index < -0.39 is 0 Å². The molecule has 1 atom stereocenters. The van der Waals surface area contributed by atoms with Crippen molar-refractivity contribution in [1.82, 2.24) is 9.97 Å². The van der Waals surface area contributed by atoms with Crippen molar-refractivity contribution in [3.05, 3.63) is 44.3 Å². The van der Waals surface area contributed by atoms with Gasteiger partial charge in [0.05, 0.1) is 11.6 Å². The molecule has 0 aliphatic carbocycles. The maximum absolute atomic E-state index is 12.8. The average molecular weight is 381 g/mol. The van der Waals surface area contributed by atoms with Gasteiger partial charge in [-0.25, -0.2) is 9.97 Å². The predicted octanol–water partition coefficient (Wildman–Crippen LogP) is 4.60. The van der Waals surface area contributed by atoms with Crippen LogP contribution in [-0.4, -0.2) is 15.9 Å². The molecule has 2 aromatic rings. The van der Waals surface area contributed by atoms with Gasteiger partial charge in [-0.15, -0.1) is 0 Å². The van der Waals surface area contributed by atoms with Crippen LogP contribution in [0, 0.1) is 20.8 Å². The molecule has 1 aromatic carbocycles. The number of nitrogens with zero attached hydrogens (tertiary/aromatic N) is 3. The van der Waals surface area contributed by atoms with E-state index in [1.54, 1.807) is 11.8 Å². The number of aryl methyl sites for hydroxylation is 3. The lowest BCUT2D eigenvalue weighted by Crippen LogP contribution is -2.25. The molecule has 1 aliphatic rings. The predicted molar refractivity (Wildman–Crippen MR) is 91.0 cm³/mol. The van der Waals surface area contributed by atoms with E-state index >= 15 is 0 Å². The van der Waals surface area contributed by atoms with Crippen molar-refractivity contribution in [3.8, 4) is 0 Å². The lowest BCUT2D eigenvalue weighted by Gasteiger charge is -2.22. The van der Waals surface area contributed by atoms with Crippen molar-refractivity contribution in [1.29, 1.82) is 0 Å². The molecular formula is C16H15BrClN3O. The second-order valence-electron chi connectivity index (χ2n) is 5.58. The Morgan fingerprint density at radius 3 is 2.36 bits per heavy atom. The Labute approximate surface area is 142 Å². The minimum atomic E-state index is -0.342. The van der Waals surface area contributed by atoms with Crippen LogP contribution in [0.4, 0.5) is 11.5 Å². The van der Waals surface area contributed by atoms with Gasteiger partial charge < -0.3 is 0 Å². The molecule has 0 bridgehead atoms. The van der Waals surface area contributed by atoms with Gasteiger partial charge in [0.2, 0.25) is 5.91 Å². The number of amides is 1. The number of carbonyl (C=O) groups excluding carboxylic acids is 1. The van der Waals surface area contributed by atoms with Gasteiger partial charge >= 0.3 is 0 Å². The van der Waals surface area contributed by atoms with Crippen LogP contribution in [-0.2, 0) is 4.79 Å². The number of rotatable bonds is 1. The van der Waals surface area contributed by atoms with Crippen LogP contribution in [0.3, 0.4) is 0 Å². The van der Waals surface area contributed by atoms with Crippen LogP contribution < -0.4 is 4.90 Å². The van der Waals surface area contributed by atoms with Gasteiger partial charge in [0.25, 0.3) is 0 Å². The standard InChI is InChI=1S/C16H15BrClN3O/c1-7-5-11(17)6-8(2)13(7)21-15-12(9(3)16(21)22)14(18)19-10(4)20-15/h5-6,9H,1-4H3. The molecule has 3 rings (SSSR count). The highest BCUT2D eigenvalue weighted by Crippen LogP contribution is 2.45. The maximum Gasteiger partial charge on any atom is 0.240 e. The highest BCUT2D eigenvalue weighted by molar-refractivity contribution is 9.10. The first-order valence-corrected chi connectivity index (χ1v) is 8.13. The van der Waals surface area contributed by atoms with Gasteiger partial charge in [-0.3, -0.25) is 9.69 Å². The van der Waals surface area contributed by atoms with Crippen LogP contribution in [0.2, 0.25) is 5.15 Å². The Morgan fingerprint density at radius 2 is 1.77 bits per heavy atom. The van der Waals surface area contributed by atoms with Crippen molar-refractivity contribution in [2.24, 2.45) is 0 Å². The van der Waals surface area contributed by atoms with E-state index in [1.165, 1.54) is 0 Å². The first-order chi connectivity index (χ1) is 10.3. The molecule has 6 heteroatoms. The number of carbonyl (C=O) groups is 1. The highest BCUT2D eigenvalue weighted by atomic mass is 79.9. The third-order valence-electron chi connectivity index (χ3n) is 3.91. The van der Waals surface area contributed by atoms with E-state index in [-0.39, 0.29) is 11.8 Å². The molecule has 114 valence electrons. The van der Waals surface area contributed by atoms with E-state index in [2.05, 4.69) is 25.9 Å². The molecular weight excluding hydrogens is 366 g/mol. The van der Waals surface area contributed by atoms with Gasteiger partial charge in [-0.05, 0) is 51.0 Å². The Balaban J connectivity index is 2.29. The van der Waals surface area contributed by atoms with E-state index in [4.69, 9.17) is 11.6 Å². The third kappa shape index (κ3) is 2.23. The number of hydrogen-bond acceptors (Lipinski definition) is 3. The molecule has 0 radical (unpaired) electrons. The fourth-order valence-corrected chi connectivity index (χ4v) is 4.03. The minimum Gasteiger partial charge on any atom is -0.273 e. The van der Waals surface area contributed by atoms with Crippen molar-refractivity contribution in [2.45, 2.75) is 33.6 Å². The number of fused-ring (bicyclic) bond motifs is 1. The van der Waals surface area contributed by atoms with Crippen molar-refractivity contribution in [2.75, 3.05) is 4.90 Å². The first kappa shape index (κ1) is 15.4. The molecule has 4 nitrogen and oxygen atoms in total. The lowest BCUT2D eigenvalue weighted by atomic mass is 10.1. The van der Waals surface area contributed by atoms with Gasteiger partial charge in [-0.1, -0.05) is 27.5 Å². The van der Waals surface area contributed by atoms with Gasteiger partial charge in [0.1, 0.15) is 16.8 Å². The summed E-state index contributed by atoms with van der Waals surface area (Å²) >= 11 is 9.74. The summed E-state index contributed by atoms with van der Waals surface area (Å²) in [5.74, 6) is 0.794. The monoisotopic (exact) mass is 379 g/mol. The number of hydrogen-bond donors (Lipinski definition) is 0. The van der Waals surface area contributed by atoms with Gasteiger partial charge in [-0.2, -0.15) is 0 Å². The van der Waals surface area contributed by atoms with E-state index in [0.29, 0.717) is 22.4 Å². The van der Waals surface area contributed by atoms with Crippen LogP contribution >= 0.6 is 27.5 Å². The summed E-state index contributed by atoms with van der Waals surface area (Å²) in [4.78, 5) is 23.1. The summed E-state index contributed by atoms with van der Waals surface area (Å²) < 4.78 is 0.989. The molecule has 1 aromatic heterocycles. The number of benzene rings is 1. The lowest BCUT2D eigenvalue weighted by molar-refractivity contribution is -0.118. The topological polar surface area (TPSA) is 46.1 Å². The summed E-state index contributed by atoms with van der Waals surface area (Å²) in [5, 5.41) is 0.360. The SMILES string of the molecule is Cc1nc(Cl)c2c(n1)N(c1c(C)cc(Br)cc1C)C(=O)C2C. The van der Waals surface area contributed by atoms with E-state index in [9.17, 15) is 4.79 Å². The molecule has 0 fully saturated rings. The van der Waals surface area contributed by atoms with Gasteiger partial charge in [0, 0.05) is 10.0 Å². The van der Waals surface area contributed by atoms with Crippen molar-refractivity contribution < 1.29 is 4.79 Å². The Morgan fingerprint density at radius 1 is 1.18 bits per heavy atom. The zero-order chi connectivity index (χ0) is 16.2. The Hall–Kier alpha value is -1.46. The fraction of sp³-hybridized carbons (Fsp3) is 0.312. The summed E-state index contributed by atoms with van der Waals surface area (Å²) in [7, 11) is 0. The number of halogens is 2. The normalized spacial score (nSPS) is 17.1. The fourth-order valence-electron chi connectivity index (χ4n) is 2.97. The van der Waals surface area contributed by atoms with E-state index in [1.807, 2.05) is 32.9 Å². The molecule has 1 amide bonds. The molecule has 2 heterocycles. The zero-order valence-electron chi connectivity index (χ0n) is 12.7. The van der Waals surface area contributed by atoms with E-state index in [0.717, 1.165) is 21.3 Å². The molecule has 0 spiro atoms. The first-order valence-electron chi connectivity index (χ1n) is 6.96. The number of anilines is 2. The molecule has 0 N–H and O–H groups in total. The summed E-state index contributed by atoms with van der Waals surface area (Å²) in [5.41, 5.74) is 3.59. The third-order valence-corrected chi connectivity index (χ3v) is 4.65. The molecule has 1 unspecified atom stereocenters. The zero-order valence-corrected chi connectivity index (χ0v) is 15.1. The molecule has 22 heavy (non-hydrogen) atoms. The van der Waals surface area contributed by atoms with Crippen LogP contribution in [0.25, 0.3) is 0 Å². The second-order valence-corrected chi connectivity index (χ2v) is 6.86. The molecule has 0 saturated heterocycles. The summed E-state index contributed by atoms with van der Waals surface area (Å²) in [6.07, 6.45) is 0. The van der Waals surface area contributed by atoms with Crippen molar-refractivity contribution in [3.63, 3.8) is 0 Å². The Kier molecular flexibility index (Phi) is 3.73. The number of aromatic nitrogens is 2. The van der Waals surface area contributed by atoms with Crippen LogP contribution in [0.5, 0.6) is 0 Å². The second kappa shape index (κ2) is 5.32. The van der Waals surface area contributed by atoms with Crippen molar-refractivity contribution >= 4 is 44.9 Å². The van der Waals surface area contributed by atoms with Gasteiger partial charge in [0.15, 0.2) is 0 Å². The highest BCUT2D eigenvalue weighted by Gasteiger charge is 2.40.